The van der Waals surface area contributed by atoms with E-state index in [4.69, 9.17) is 10.5 Å². The molecule has 1 unspecified atom stereocenters. The summed E-state index contributed by atoms with van der Waals surface area (Å²) < 4.78 is 6.26. The van der Waals surface area contributed by atoms with Crippen LogP contribution >= 0.6 is 11.3 Å². The molecule has 0 bridgehead atoms. The van der Waals surface area contributed by atoms with Crippen molar-refractivity contribution in [3.05, 3.63) is 64.2 Å². The predicted octanol–water partition coefficient (Wildman–Crippen LogP) is 3.26. The molecule has 2 heterocycles. The molecule has 0 aliphatic carbocycles. The van der Waals surface area contributed by atoms with Gasteiger partial charge in [-0.05, 0) is 38.0 Å². The Labute approximate surface area is 205 Å². The van der Waals surface area contributed by atoms with Gasteiger partial charge in [-0.25, -0.2) is 0 Å². The molecule has 0 radical (unpaired) electrons. The number of nitrogens with one attached hydrogen (secondary N) is 2. The number of hydrogen-bond donors (Lipinski definition) is 4. The summed E-state index contributed by atoms with van der Waals surface area (Å²) in [5, 5.41) is 15.7. The number of allylic oxidation sites excluding steroid dienone is 2. The Morgan fingerprint density at radius 1 is 1.44 bits per heavy atom. The van der Waals surface area contributed by atoms with E-state index in [1.54, 1.807) is 30.2 Å². The average Bonchev–Trinajstić information content (AvgIpc) is 3.42. The number of rotatable bonds is 12. The number of β-amino-alcohol motifs (C(OH)–C–C–N with tert-alkyl or cyclic N) is 1. The molecule has 5 N–H and O–H groups in total. The number of carbonyl (C=O) groups excluding carboxylic acids is 2. The summed E-state index contributed by atoms with van der Waals surface area (Å²) in [6, 6.07) is 1.67. The van der Waals surface area contributed by atoms with Gasteiger partial charge in [-0.15, -0.1) is 17.9 Å². The van der Waals surface area contributed by atoms with Gasteiger partial charge in [-0.2, -0.15) is 0 Å². The molecule has 2 amide bonds. The Morgan fingerprint density at radius 3 is 2.74 bits per heavy atom. The molecule has 1 aromatic heterocycles. The maximum atomic E-state index is 12.9. The lowest BCUT2D eigenvalue weighted by molar-refractivity contribution is -0.119. The number of likely N-dealkylation sites (N-methyl/N-ethyl adjacent to an activating group) is 1. The van der Waals surface area contributed by atoms with Crippen LogP contribution in [-0.2, 0) is 9.53 Å². The summed E-state index contributed by atoms with van der Waals surface area (Å²) in [6.07, 6.45) is 5.52. The van der Waals surface area contributed by atoms with Gasteiger partial charge >= 0.3 is 0 Å². The van der Waals surface area contributed by atoms with E-state index >= 15 is 0 Å². The van der Waals surface area contributed by atoms with Gasteiger partial charge in [0.15, 0.2) is 0 Å². The zero-order valence-electron chi connectivity index (χ0n) is 20.2. The molecule has 1 aromatic rings. The molecule has 34 heavy (non-hydrogen) atoms. The summed E-state index contributed by atoms with van der Waals surface area (Å²) in [5.41, 5.74) is 8.40. The Kier molecular flexibility index (Phi) is 10.4. The summed E-state index contributed by atoms with van der Waals surface area (Å²) >= 11 is 1.29. The topological polar surface area (TPSA) is 117 Å². The Balaban J connectivity index is 2.31. The number of amides is 2. The second-order valence-corrected chi connectivity index (χ2v) is 9.16. The van der Waals surface area contributed by atoms with E-state index in [0.29, 0.717) is 48.8 Å². The number of thiophene rings is 1. The highest BCUT2D eigenvalue weighted by Gasteiger charge is 2.28. The maximum Gasteiger partial charge on any atom is 0.264 e. The van der Waals surface area contributed by atoms with Crippen molar-refractivity contribution in [3.8, 4) is 0 Å². The first kappa shape index (κ1) is 27.2. The third-order valence-corrected chi connectivity index (χ3v) is 6.65. The second-order valence-electron chi connectivity index (χ2n) is 8.08. The standard InChI is InChI=1S/C25H36N4O4S/c1-6-9-21(24-19(26)14-22(34-24)25(32)29-11-10-17(30)15-29)33-18(7-2)13-20(28-8-3)16(4)12-23(31)27-5/h6-7,13-14,17,21,28,30H,1-2,8-12,15,26H2,3-5H3,(H,27,31)/b18-13+,20-16-/t17-,21?/m1/s1. The van der Waals surface area contributed by atoms with Crippen molar-refractivity contribution in [3.63, 3.8) is 0 Å². The van der Waals surface area contributed by atoms with Crippen LogP contribution in [0.5, 0.6) is 0 Å². The minimum Gasteiger partial charge on any atom is -0.484 e. The number of ether oxygens (including phenoxy) is 1. The Bertz CT molecular complexity index is 966. The van der Waals surface area contributed by atoms with Crippen LogP contribution in [0.2, 0.25) is 0 Å². The van der Waals surface area contributed by atoms with Gasteiger partial charge in [0.05, 0.1) is 21.5 Å². The zero-order valence-corrected chi connectivity index (χ0v) is 21.0. The molecule has 0 spiro atoms. The van der Waals surface area contributed by atoms with Gasteiger partial charge in [-0.3, -0.25) is 9.59 Å². The quantitative estimate of drug-likeness (QED) is 0.204. The van der Waals surface area contributed by atoms with E-state index in [2.05, 4.69) is 23.8 Å². The summed E-state index contributed by atoms with van der Waals surface area (Å²) in [4.78, 5) is 27.6. The van der Waals surface area contributed by atoms with Gasteiger partial charge in [0.1, 0.15) is 11.9 Å². The van der Waals surface area contributed by atoms with E-state index in [1.165, 1.54) is 11.3 Å². The first-order valence-electron chi connectivity index (χ1n) is 11.4. The molecule has 1 aliphatic heterocycles. The van der Waals surface area contributed by atoms with E-state index < -0.39 is 12.2 Å². The van der Waals surface area contributed by atoms with Crippen LogP contribution in [0.3, 0.4) is 0 Å². The van der Waals surface area contributed by atoms with Crippen LogP contribution in [-0.4, -0.2) is 54.6 Å². The van der Waals surface area contributed by atoms with Crippen molar-refractivity contribution in [2.75, 3.05) is 32.4 Å². The number of nitrogen functional groups attached to an aromatic ring is 1. The van der Waals surface area contributed by atoms with Gasteiger partial charge in [0, 0.05) is 51.3 Å². The van der Waals surface area contributed by atoms with Crippen LogP contribution in [0.1, 0.15) is 53.8 Å². The number of anilines is 1. The van der Waals surface area contributed by atoms with Crippen molar-refractivity contribution < 1.29 is 19.4 Å². The summed E-state index contributed by atoms with van der Waals surface area (Å²) in [7, 11) is 1.60. The second kappa shape index (κ2) is 13.0. The lowest BCUT2D eigenvalue weighted by atomic mass is 10.1. The van der Waals surface area contributed by atoms with Crippen LogP contribution in [0.4, 0.5) is 5.69 Å². The molecule has 1 aliphatic rings. The zero-order chi connectivity index (χ0) is 25.3. The van der Waals surface area contributed by atoms with Crippen LogP contribution < -0.4 is 16.4 Å². The normalized spacial score (nSPS) is 17.6. The number of likely N-dealkylation sites (tertiary alicyclic amines) is 1. The van der Waals surface area contributed by atoms with E-state index in [0.717, 1.165) is 16.1 Å². The predicted molar refractivity (Wildman–Crippen MR) is 137 cm³/mol. The molecule has 0 saturated carbocycles. The van der Waals surface area contributed by atoms with Crippen molar-refractivity contribution >= 4 is 28.8 Å². The van der Waals surface area contributed by atoms with Crippen LogP contribution in [0.25, 0.3) is 0 Å². The number of nitrogens with zero attached hydrogens (tertiary/aromatic N) is 1. The lowest BCUT2D eigenvalue weighted by Crippen LogP contribution is -2.28. The molecule has 9 heteroatoms. The summed E-state index contributed by atoms with van der Waals surface area (Å²) in [5.74, 6) is 0.280. The number of carbonyl (C=O) groups is 2. The fourth-order valence-electron chi connectivity index (χ4n) is 3.61. The first-order valence-corrected chi connectivity index (χ1v) is 12.2. The van der Waals surface area contributed by atoms with Gasteiger partial charge < -0.3 is 31.1 Å². The molecule has 2 rings (SSSR count). The fourth-order valence-corrected chi connectivity index (χ4v) is 4.70. The number of nitrogens with two attached hydrogens (primary N) is 1. The van der Waals surface area contributed by atoms with Crippen molar-refractivity contribution in [2.24, 2.45) is 0 Å². The smallest absolute Gasteiger partial charge is 0.264 e. The molecule has 0 aromatic carbocycles. The first-order chi connectivity index (χ1) is 16.2. The highest BCUT2D eigenvalue weighted by atomic mass is 32.1. The Morgan fingerprint density at radius 2 is 2.18 bits per heavy atom. The van der Waals surface area contributed by atoms with Crippen molar-refractivity contribution in [1.29, 1.82) is 0 Å². The van der Waals surface area contributed by atoms with Crippen molar-refractivity contribution in [2.45, 2.75) is 45.3 Å². The molecule has 2 atom stereocenters. The van der Waals surface area contributed by atoms with Crippen molar-refractivity contribution in [1.82, 2.24) is 15.5 Å². The number of hydrogen-bond acceptors (Lipinski definition) is 7. The third kappa shape index (κ3) is 7.23. The maximum absolute atomic E-state index is 12.9. The van der Waals surface area contributed by atoms with E-state index in [9.17, 15) is 14.7 Å². The minimum atomic E-state index is -0.483. The number of aliphatic hydroxyl groups excluding tert-OH is 1. The third-order valence-electron chi connectivity index (χ3n) is 5.42. The molecule has 1 fully saturated rings. The SMILES string of the molecule is C=CCC(O/C(C=C)=C/C(NCC)=C(\C)CC(=O)NC)c1sc(C(=O)N2CC[C@@H](O)C2)cc1N. The molecule has 186 valence electrons. The molecular formula is C25H36N4O4S. The summed E-state index contributed by atoms with van der Waals surface area (Å²) in [6.45, 7) is 13.1. The van der Waals surface area contributed by atoms with Gasteiger partial charge in [0.25, 0.3) is 5.91 Å². The van der Waals surface area contributed by atoms with Crippen LogP contribution in [0.15, 0.2) is 54.5 Å². The monoisotopic (exact) mass is 488 g/mol. The van der Waals surface area contributed by atoms with Crippen LogP contribution in [0, 0.1) is 0 Å². The molecule has 1 saturated heterocycles. The molecule has 8 nitrogen and oxygen atoms in total. The highest BCUT2D eigenvalue weighted by molar-refractivity contribution is 7.14. The molecular weight excluding hydrogens is 452 g/mol. The fraction of sp³-hybridized carbons (Fsp3) is 0.440. The van der Waals surface area contributed by atoms with E-state index in [-0.39, 0.29) is 18.2 Å². The van der Waals surface area contributed by atoms with Gasteiger partial charge in [-0.1, -0.05) is 12.7 Å². The highest BCUT2D eigenvalue weighted by Crippen LogP contribution is 2.37. The minimum absolute atomic E-state index is 0.0824. The Hall–Kier alpha value is -3.04. The average molecular weight is 489 g/mol. The lowest BCUT2D eigenvalue weighted by Gasteiger charge is -2.19. The number of aliphatic hydroxyl groups is 1. The van der Waals surface area contributed by atoms with Gasteiger partial charge in [0.2, 0.25) is 5.91 Å². The largest absolute Gasteiger partial charge is 0.484 e. The van der Waals surface area contributed by atoms with E-state index in [1.807, 2.05) is 19.9 Å².